The minimum absolute atomic E-state index is 0.250. The van der Waals surface area contributed by atoms with Crippen LogP contribution >= 0.6 is 27.5 Å². The molecule has 2 N–H and O–H groups in total. The van der Waals surface area contributed by atoms with E-state index in [1.807, 2.05) is 18.2 Å². The molecule has 140 valence electrons. The number of nitrogens with one attached hydrogen (secondary N) is 2. The Morgan fingerprint density at radius 3 is 2.85 bits per heavy atom. The molecular weight excluding hydrogens is 432 g/mol. The molecule has 1 aromatic heterocycles. The van der Waals surface area contributed by atoms with Crippen LogP contribution in [0.15, 0.2) is 40.9 Å². The van der Waals surface area contributed by atoms with E-state index >= 15 is 0 Å². The van der Waals surface area contributed by atoms with Gasteiger partial charge in [0, 0.05) is 23.2 Å². The molecule has 0 saturated carbocycles. The van der Waals surface area contributed by atoms with Crippen LogP contribution in [0.3, 0.4) is 0 Å². The van der Waals surface area contributed by atoms with E-state index in [-0.39, 0.29) is 5.91 Å². The number of hydrogen-bond donors (Lipinski definition) is 2. The molecule has 0 unspecified atom stereocenters. The fourth-order valence-corrected chi connectivity index (χ4v) is 3.82. The van der Waals surface area contributed by atoms with Crippen LogP contribution in [0, 0.1) is 0 Å². The van der Waals surface area contributed by atoms with Crippen LogP contribution in [0.4, 0.5) is 5.69 Å². The maximum Gasteiger partial charge on any atom is 0.257 e. The first kappa shape index (κ1) is 18.4. The third-order valence-electron chi connectivity index (χ3n) is 4.44. The van der Waals surface area contributed by atoms with Gasteiger partial charge in [-0.3, -0.25) is 9.69 Å². The lowest BCUT2D eigenvalue weighted by atomic mass is 10.2. The van der Waals surface area contributed by atoms with E-state index in [9.17, 15) is 4.79 Å². The minimum atomic E-state index is -0.250. The summed E-state index contributed by atoms with van der Waals surface area (Å²) in [6.45, 7) is 4.09. The molecule has 1 fully saturated rings. The van der Waals surface area contributed by atoms with E-state index < -0.39 is 0 Å². The molecule has 0 aliphatic carbocycles. The number of halogens is 2. The van der Waals surface area contributed by atoms with Gasteiger partial charge >= 0.3 is 0 Å². The monoisotopic (exact) mass is 448 g/mol. The number of morpholine rings is 1. The van der Waals surface area contributed by atoms with Crippen molar-refractivity contribution in [3.8, 4) is 0 Å². The number of aromatic nitrogens is 2. The standard InChI is InChI=1S/C19H18BrClN4O2/c20-12-1-3-14(15(21)9-12)19(26)22-13-2-4-16-17(10-13)24-18(23-16)11-25-5-7-27-8-6-25/h1-4,9-10H,5-8,11H2,(H,22,26)(H,23,24). The molecule has 6 nitrogen and oxygen atoms in total. The zero-order valence-electron chi connectivity index (χ0n) is 14.5. The number of carbonyl (C=O) groups is 1. The lowest BCUT2D eigenvalue weighted by Crippen LogP contribution is -2.35. The number of hydrogen-bond acceptors (Lipinski definition) is 4. The summed E-state index contributed by atoms with van der Waals surface area (Å²) < 4.78 is 6.21. The molecule has 2 aromatic carbocycles. The zero-order valence-corrected chi connectivity index (χ0v) is 16.8. The Balaban J connectivity index is 1.50. The number of aromatic amines is 1. The van der Waals surface area contributed by atoms with Crippen molar-refractivity contribution in [2.24, 2.45) is 0 Å². The molecule has 27 heavy (non-hydrogen) atoms. The Kier molecular flexibility index (Phi) is 5.45. The van der Waals surface area contributed by atoms with Crippen molar-refractivity contribution in [1.29, 1.82) is 0 Å². The molecule has 8 heteroatoms. The van der Waals surface area contributed by atoms with Crippen molar-refractivity contribution in [1.82, 2.24) is 14.9 Å². The van der Waals surface area contributed by atoms with Gasteiger partial charge in [-0.1, -0.05) is 27.5 Å². The Labute approximate surface area is 170 Å². The molecule has 0 bridgehead atoms. The van der Waals surface area contributed by atoms with Crippen LogP contribution in [-0.4, -0.2) is 47.1 Å². The molecule has 1 saturated heterocycles. The number of fused-ring (bicyclic) bond motifs is 1. The number of ether oxygens (including phenoxy) is 1. The Hall–Kier alpha value is -1.93. The number of benzene rings is 2. The molecule has 2 heterocycles. The average molecular weight is 450 g/mol. The van der Waals surface area contributed by atoms with Crippen molar-refractivity contribution in [2.75, 3.05) is 31.6 Å². The molecule has 0 spiro atoms. The third kappa shape index (κ3) is 4.32. The number of imidazole rings is 1. The van der Waals surface area contributed by atoms with Gasteiger partial charge in [0.2, 0.25) is 0 Å². The molecule has 0 radical (unpaired) electrons. The van der Waals surface area contributed by atoms with Crippen molar-refractivity contribution in [3.63, 3.8) is 0 Å². The van der Waals surface area contributed by atoms with Gasteiger partial charge in [-0.05, 0) is 36.4 Å². The Morgan fingerprint density at radius 1 is 1.26 bits per heavy atom. The molecule has 4 rings (SSSR count). The number of anilines is 1. The summed E-state index contributed by atoms with van der Waals surface area (Å²) in [5.41, 5.74) is 2.88. The summed E-state index contributed by atoms with van der Waals surface area (Å²) in [6.07, 6.45) is 0. The molecule has 0 atom stereocenters. The summed E-state index contributed by atoms with van der Waals surface area (Å²) in [5, 5.41) is 3.29. The van der Waals surface area contributed by atoms with E-state index in [0.29, 0.717) is 16.3 Å². The topological polar surface area (TPSA) is 70.2 Å². The number of amides is 1. The van der Waals surface area contributed by atoms with Gasteiger partial charge in [-0.15, -0.1) is 0 Å². The second-order valence-corrected chi connectivity index (χ2v) is 7.71. The second kappa shape index (κ2) is 7.98. The third-order valence-corrected chi connectivity index (χ3v) is 5.25. The van der Waals surface area contributed by atoms with Crippen LogP contribution in [0.5, 0.6) is 0 Å². The van der Waals surface area contributed by atoms with Gasteiger partial charge in [0.05, 0.1) is 41.4 Å². The van der Waals surface area contributed by atoms with E-state index in [2.05, 4.69) is 36.1 Å². The van der Waals surface area contributed by atoms with Crippen LogP contribution in [0.25, 0.3) is 11.0 Å². The number of carbonyl (C=O) groups excluding carboxylic acids is 1. The predicted octanol–water partition coefficient (Wildman–Crippen LogP) is 4.06. The fourth-order valence-electron chi connectivity index (χ4n) is 3.06. The summed E-state index contributed by atoms with van der Waals surface area (Å²) in [6, 6.07) is 10.8. The molecule has 3 aromatic rings. The quantitative estimate of drug-likeness (QED) is 0.630. The highest BCUT2D eigenvalue weighted by Crippen LogP contribution is 2.23. The average Bonchev–Trinajstić information content (AvgIpc) is 3.04. The summed E-state index contributed by atoms with van der Waals surface area (Å²) >= 11 is 9.50. The smallest absolute Gasteiger partial charge is 0.257 e. The maximum atomic E-state index is 12.5. The van der Waals surface area contributed by atoms with Crippen molar-refractivity contribution in [2.45, 2.75) is 6.54 Å². The SMILES string of the molecule is O=C(Nc1ccc2nc(CN3CCOCC3)[nH]c2c1)c1ccc(Br)cc1Cl. The van der Waals surface area contributed by atoms with Crippen molar-refractivity contribution < 1.29 is 9.53 Å². The van der Waals surface area contributed by atoms with Gasteiger partial charge in [-0.2, -0.15) is 0 Å². The minimum Gasteiger partial charge on any atom is -0.379 e. The zero-order chi connectivity index (χ0) is 18.8. The summed E-state index contributed by atoms with van der Waals surface area (Å²) in [5.74, 6) is 0.659. The number of nitrogens with zero attached hydrogens (tertiary/aromatic N) is 2. The van der Waals surface area contributed by atoms with Gasteiger partial charge < -0.3 is 15.0 Å². The van der Waals surface area contributed by atoms with E-state index in [0.717, 1.165) is 54.2 Å². The van der Waals surface area contributed by atoms with E-state index in [1.54, 1.807) is 18.2 Å². The number of H-pyrrole nitrogens is 1. The molecule has 1 aliphatic rings. The molecule has 1 amide bonds. The van der Waals surface area contributed by atoms with Crippen LogP contribution < -0.4 is 5.32 Å². The van der Waals surface area contributed by atoms with Gasteiger partial charge in [0.1, 0.15) is 5.82 Å². The van der Waals surface area contributed by atoms with Crippen molar-refractivity contribution in [3.05, 3.63) is 57.3 Å². The first-order valence-electron chi connectivity index (χ1n) is 8.63. The summed E-state index contributed by atoms with van der Waals surface area (Å²) in [7, 11) is 0. The van der Waals surface area contributed by atoms with E-state index in [4.69, 9.17) is 16.3 Å². The van der Waals surface area contributed by atoms with E-state index in [1.165, 1.54) is 0 Å². The van der Waals surface area contributed by atoms with Gasteiger partial charge in [0.15, 0.2) is 0 Å². The Bertz CT molecular complexity index is 985. The first-order valence-corrected chi connectivity index (χ1v) is 9.81. The first-order chi connectivity index (χ1) is 13.1. The highest BCUT2D eigenvalue weighted by atomic mass is 79.9. The highest BCUT2D eigenvalue weighted by molar-refractivity contribution is 9.10. The molecule has 1 aliphatic heterocycles. The van der Waals surface area contributed by atoms with Crippen LogP contribution in [-0.2, 0) is 11.3 Å². The predicted molar refractivity (Wildman–Crippen MR) is 109 cm³/mol. The lowest BCUT2D eigenvalue weighted by molar-refractivity contribution is 0.0332. The second-order valence-electron chi connectivity index (χ2n) is 6.38. The van der Waals surface area contributed by atoms with Gasteiger partial charge in [-0.25, -0.2) is 4.98 Å². The van der Waals surface area contributed by atoms with Gasteiger partial charge in [0.25, 0.3) is 5.91 Å². The Morgan fingerprint density at radius 2 is 2.07 bits per heavy atom. The van der Waals surface area contributed by atoms with Crippen molar-refractivity contribution >= 4 is 50.2 Å². The highest BCUT2D eigenvalue weighted by Gasteiger charge is 2.14. The lowest BCUT2D eigenvalue weighted by Gasteiger charge is -2.25. The summed E-state index contributed by atoms with van der Waals surface area (Å²) in [4.78, 5) is 22.8. The van der Waals surface area contributed by atoms with Crippen LogP contribution in [0.2, 0.25) is 5.02 Å². The normalized spacial score (nSPS) is 15.2. The fraction of sp³-hybridized carbons (Fsp3) is 0.263. The molecular formula is C19H18BrClN4O2. The largest absolute Gasteiger partial charge is 0.379 e. The maximum absolute atomic E-state index is 12.5. The van der Waals surface area contributed by atoms with Crippen LogP contribution in [0.1, 0.15) is 16.2 Å². The number of rotatable bonds is 4.